The van der Waals surface area contributed by atoms with Crippen molar-refractivity contribution in [3.8, 4) is 0 Å². The zero-order valence-electron chi connectivity index (χ0n) is 7.36. The summed E-state index contributed by atoms with van der Waals surface area (Å²) in [6.45, 7) is 2.58. The lowest BCUT2D eigenvalue weighted by Crippen LogP contribution is -2.41. The van der Waals surface area contributed by atoms with Gasteiger partial charge in [0.1, 0.15) is 0 Å². The van der Waals surface area contributed by atoms with Crippen molar-refractivity contribution in [1.82, 2.24) is 5.32 Å². The van der Waals surface area contributed by atoms with Gasteiger partial charge in [0.2, 0.25) is 0 Å². The minimum Gasteiger partial charge on any atom is -0.316 e. The second-order valence-electron chi connectivity index (χ2n) is 4.34. The van der Waals surface area contributed by atoms with Gasteiger partial charge in [0, 0.05) is 6.54 Å². The summed E-state index contributed by atoms with van der Waals surface area (Å²) in [5.41, 5.74) is 0.764. The van der Waals surface area contributed by atoms with Crippen LogP contribution >= 0.6 is 0 Å². The lowest BCUT2D eigenvalue weighted by Gasteiger charge is -2.43. The monoisotopic (exact) mass is 153 g/mol. The SMILES string of the molecule is C1CCNCC2(CC1)CCC2. The molecule has 1 spiro atoms. The maximum atomic E-state index is 3.58. The van der Waals surface area contributed by atoms with Crippen molar-refractivity contribution in [3.05, 3.63) is 0 Å². The maximum Gasteiger partial charge on any atom is 0.000780 e. The molecule has 0 atom stereocenters. The fraction of sp³-hybridized carbons (Fsp3) is 1.00. The first-order chi connectivity index (χ1) is 5.41. The van der Waals surface area contributed by atoms with Crippen LogP contribution in [0, 0.1) is 5.41 Å². The fourth-order valence-corrected chi connectivity index (χ4v) is 2.47. The van der Waals surface area contributed by atoms with E-state index < -0.39 is 0 Å². The minimum atomic E-state index is 0.764. The molecule has 2 aliphatic rings. The Morgan fingerprint density at radius 1 is 0.818 bits per heavy atom. The van der Waals surface area contributed by atoms with Gasteiger partial charge in [0.25, 0.3) is 0 Å². The topological polar surface area (TPSA) is 12.0 Å². The summed E-state index contributed by atoms with van der Waals surface area (Å²) in [5.74, 6) is 0. The van der Waals surface area contributed by atoms with E-state index in [1.54, 1.807) is 0 Å². The molecule has 1 nitrogen and oxygen atoms in total. The molecule has 1 saturated heterocycles. The molecular weight excluding hydrogens is 134 g/mol. The van der Waals surface area contributed by atoms with E-state index in [2.05, 4.69) is 5.32 Å². The number of hydrogen-bond acceptors (Lipinski definition) is 1. The molecule has 0 bridgehead atoms. The average molecular weight is 153 g/mol. The van der Waals surface area contributed by atoms with Crippen LogP contribution in [0.2, 0.25) is 0 Å². The van der Waals surface area contributed by atoms with Gasteiger partial charge in [0.15, 0.2) is 0 Å². The zero-order valence-corrected chi connectivity index (χ0v) is 7.36. The predicted octanol–water partition coefficient (Wildman–Crippen LogP) is 2.32. The predicted molar refractivity (Wildman–Crippen MR) is 47.6 cm³/mol. The van der Waals surface area contributed by atoms with Crippen LogP contribution in [0.3, 0.4) is 0 Å². The van der Waals surface area contributed by atoms with Crippen molar-refractivity contribution in [3.63, 3.8) is 0 Å². The Bertz CT molecular complexity index is 117. The van der Waals surface area contributed by atoms with Gasteiger partial charge in [-0.25, -0.2) is 0 Å². The molecule has 2 rings (SSSR count). The van der Waals surface area contributed by atoms with Crippen LogP contribution in [0.5, 0.6) is 0 Å². The first-order valence-electron chi connectivity index (χ1n) is 5.12. The van der Waals surface area contributed by atoms with Gasteiger partial charge < -0.3 is 5.32 Å². The molecule has 0 aromatic carbocycles. The smallest absolute Gasteiger partial charge is 0.000780 e. The van der Waals surface area contributed by atoms with E-state index in [9.17, 15) is 0 Å². The van der Waals surface area contributed by atoms with Crippen molar-refractivity contribution in [2.24, 2.45) is 5.41 Å². The molecule has 0 unspecified atom stereocenters. The minimum absolute atomic E-state index is 0.764. The Morgan fingerprint density at radius 2 is 1.64 bits per heavy atom. The van der Waals surface area contributed by atoms with Crippen molar-refractivity contribution >= 4 is 0 Å². The number of rotatable bonds is 0. The molecule has 0 aromatic heterocycles. The average Bonchev–Trinajstić information content (AvgIpc) is 1.82. The fourth-order valence-electron chi connectivity index (χ4n) is 2.47. The second kappa shape index (κ2) is 3.14. The van der Waals surface area contributed by atoms with Crippen LogP contribution in [-0.2, 0) is 0 Å². The molecule has 1 aliphatic carbocycles. The first kappa shape index (κ1) is 7.60. The van der Waals surface area contributed by atoms with Crippen LogP contribution in [0.15, 0.2) is 0 Å². The molecule has 1 aliphatic heterocycles. The van der Waals surface area contributed by atoms with Gasteiger partial charge in [-0.05, 0) is 37.6 Å². The molecule has 1 N–H and O–H groups in total. The zero-order chi connectivity index (χ0) is 7.57. The number of hydrogen-bond donors (Lipinski definition) is 1. The molecule has 0 radical (unpaired) electrons. The van der Waals surface area contributed by atoms with Crippen LogP contribution in [-0.4, -0.2) is 13.1 Å². The molecule has 0 amide bonds. The number of nitrogens with one attached hydrogen (secondary N) is 1. The standard InChI is InChI=1S/C10H19N/c1-2-5-10(6-4-7-10)9-11-8-3-1/h11H,1-9H2. The van der Waals surface area contributed by atoms with Gasteiger partial charge >= 0.3 is 0 Å². The van der Waals surface area contributed by atoms with E-state index in [1.807, 2.05) is 0 Å². The third-order valence-corrected chi connectivity index (χ3v) is 3.47. The summed E-state index contributed by atoms with van der Waals surface area (Å²) in [6, 6.07) is 0. The van der Waals surface area contributed by atoms with E-state index in [0.717, 1.165) is 5.41 Å². The quantitative estimate of drug-likeness (QED) is 0.563. The van der Waals surface area contributed by atoms with Gasteiger partial charge in [-0.1, -0.05) is 19.3 Å². The van der Waals surface area contributed by atoms with Gasteiger partial charge in [0.05, 0.1) is 0 Å². The van der Waals surface area contributed by atoms with E-state index in [0.29, 0.717) is 0 Å². The van der Waals surface area contributed by atoms with Gasteiger partial charge in [-0.3, -0.25) is 0 Å². The second-order valence-corrected chi connectivity index (χ2v) is 4.34. The molecule has 1 heteroatoms. The Kier molecular flexibility index (Phi) is 2.17. The summed E-state index contributed by atoms with van der Waals surface area (Å²) >= 11 is 0. The lowest BCUT2D eigenvalue weighted by molar-refractivity contribution is 0.106. The van der Waals surface area contributed by atoms with Crippen LogP contribution in [0.4, 0.5) is 0 Å². The van der Waals surface area contributed by atoms with Crippen molar-refractivity contribution in [1.29, 1.82) is 0 Å². The van der Waals surface area contributed by atoms with E-state index in [1.165, 1.54) is 58.0 Å². The van der Waals surface area contributed by atoms with Crippen molar-refractivity contribution < 1.29 is 0 Å². The summed E-state index contributed by atoms with van der Waals surface area (Å²) in [4.78, 5) is 0. The highest BCUT2D eigenvalue weighted by molar-refractivity contribution is 4.90. The van der Waals surface area contributed by atoms with Gasteiger partial charge in [-0.2, -0.15) is 0 Å². The highest BCUT2D eigenvalue weighted by Crippen LogP contribution is 2.44. The highest BCUT2D eigenvalue weighted by atomic mass is 14.9. The lowest BCUT2D eigenvalue weighted by atomic mass is 9.65. The summed E-state index contributed by atoms with van der Waals surface area (Å²) in [5, 5.41) is 3.58. The molecule has 2 fully saturated rings. The van der Waals surface area contributed by atoms with Crippen molar-refractivity contribution in [2.45, 2.75) is 44.9 Å². The van der Waals surface area contributed by atoms with Crippen LogP contribution in [0.25, 0.3) is 0 Å². The largest absolute Gasteiger partial charge is 0.316 e. The third-order valence-electron chi connectivity index (χ3n) is 3.47. The summed E-state index contributed by atoms with van der Waals surface area (Å²) in [6.07, 6.45) is 10.3. The first-order valence-corrected chi connectivity index (χ1v) is 5.12. The third kappa shape index (κ3) is 1.58. The maximum absolute atomic E-state index is 3.58. The van der Waals surface area contributed by atoms with E-state index in [4.69, 9.17) is 0 Å². The Morgan fingerprint density at radius 3 is 2.36 bits per heavy atom. The Labute approximate surface area is 69.6 Å². The van der Waals surface area contributed by atoms with Crippen molar-refractivity contribution in [2.75, 3.05) is 13.1 Å². The van der Waals surface area contributed by atoms with Gasteiger partial charge in [-0.15, -0.1) is 0 Å². The highest BCUT2D eigenvalue weighted by Gasteiger charge is 2.35. The molecular formula is C10H19N. The molecule has 1 heterocycles. The summed E-state index contributed by atoms with van der Waals surface area (Å²) in [7, 11) is 0. The van der Waals surface area contributed by atoms with Crippen LogP contribution < -0.4 is 5.32 Å². The normalized spacial score (nSPS) is 30.5. The molecule has 11 heavy (non-hydrogen) atoms. The molecule has 64 valence electrons. The molecule has 1 saturated carbocycles. The van der Waals surface area contributed by atoms with E-state index in [-0.39, 0.29) is 0 Å². The van der Waals surface area contributed by atoms with E-state index >= 15 is 0 Å². The Hall–Kier alpha value is -0.0400. The summed E-state index contributed by atoms with van der Waals surface area (Å²) < 4.78 is 0. The Balaban J connectivity index is 1.86. The molecule has 0 aromatic rings. The van der Waals surface area contributed by atoms with Crippen LogP contribution in [0.1, 0.15) is 44.9 Å².